The predicted octanol–water partition coefficient (Wildman–Crippen LogP) is 3.31. The molecule has 20 heavy (non-hydrogen) atoms. The van der Waals surface area contributed by atoms with Gasteiger partial charge in [-0.3, -0.25) is 9.79 Å². The van der Waals surface area contributed by atoms with E-state index in [4.69, 9.17) is 11.6 Å². The van der Waals surface area contributed by atoms with Crippen LogP contribution in [0.4, 0.5) is 13.2 Å². The fourth-order valence-corrected chi connectivity index (χ4v) is 1.82. The Hall–Kier alpha value is -1.82. The predicted molar refractivity (Wildman–Crippen MR) is 70.0 cm³/mol. The van der Waals surface area contributed by atoms with E-state index in [1.807, 2.05) is 0 Å². The second-order valence-electron chi connectivity index (χ2n) is 4.12. The summed E-state index contributed by atoms with van der Waals surface area (Å²) in [6.45, 7) is -0.117. The van der Waals surface area contributed by atoms with Crippen LogP contribution in [0.15, 0.2) is 41.0 Å². The number of amides is 1. The van der Waals surface area contributed by atoms with Gasteiger partial charge < -0.3 is 4.90 Å². The number of hydrogen-bond donors (Lipinski definition) is 0. The Bertz CT molecular complexity index is 564. The zero-order valence-corrected chi connectivity index (χ0v) is 10.9. The molecule has 0 atom stereocenters. The highest BCUT2D eigenvalue weighted by Crippen LogP contribution is 2.27. The van der Waals surface area contributed by atoms with Gasteiger partial charge in [0.2, 0.25) is 0 Å². The van der Waals surface area contributed by atoms with Crippen molar-refractivity contribution in [3.05, 3.63) is 46.6 Å². The lowest BCUT2D eigenvalue weighted by molar-refractivity contribution is -0.0924. The van der Waals surface area contributed by atoms with Crippen LogP contribution in [0.25, 0.3) is 0 Å². The van der Waals surface area contributed by atoms with E-state index in [2.05, 4.69) is 4.99 Å². The minimum absolute atomic E-state index is 0.0253. The number of carbonyl (C=O) groups is 1. The summed E-state index contributed by atoms with van der Waals surface area (Å²) >= 11 is 5.72. The van der Waals surface area contributed by atoms with Gasteiger partial charge in [-0.05, 0) is 30.3 Å². The first-order chi connectivity index (χ1) is 9.38. The number of hydrogen-bond acceptors (Lipinski definition) is 2. The van der Waals surface area contributed by atoms with Crippen LogP contribution < -0.4 is 0 Å². The van der Waals surface area contributed by atoms with Crippen LogP contribution in [-0.4, -0.2) is 36.3 Å². The fraction of sp³-hybridized carbons (Fsp3) is 0.231. The molecule has 0 unspecified atom stereocenters. The second-order valence-corrected chi connectivity index (χ2v) is 4.55. The van der Waals surface area contributed by atoms with Crippen molar-refractivity contribution in [1.82, 2.24) is 4.90 Å². The van der Waals surface area contributed by atoms with Gasteiger partial charge in [-0.1, -0.05) is 11.6 Å². The molecule has 7 heteroatoms. The molecule has 0 aromatic heterocycles. The molecular formula is C13H10ClF3N2O. The molecule has 2 rings (SSSR count). The van der Waals surface area contributed by atoms with Gasteiger partial charge in [0.15, 0.2) is 0 Å². The van der Waals surface area contributed by atoms with E-state index in [1.165, 1.54) is 17.0 Å². The third kappa shape index (κ3) is 3.39. The van der Waals surface area contributed by atoms with E-state index < -0.39 is 11.9 Å². The molecule has 0 fully saturated rings. The molecule has 1 heterocycles. The lowest BCUT2D eigenvalue weighted by Gasteiger charge is -2.18. The second kappa shape index (κ2) is 5.66. The number of carbonyl (C=O) groups excluding carboxylic acids is 1. The number of allylic oxidation sites excluding steroid dienone is 1. The maximum atomic E-state index is 12.5. The molecule has 0 saturated carbocycles. The van der Waals surface area contributed by atoms with E-state index in [-0.39, 0.29) is 19.0 Å². The lowest BCUT2D eigenvalue weighted by Crippen LogP contribution is -2.32. The van der Waals surface area contributed by atoms with Crippen LogP contribution in [0.1, 0.15) is 10.4 Å². The summed E-state index contributed by atoms with van der Waals surface area (Å²) in [7, 11) is 0. The molecule has 1 aromatic carbocycles. The molecule has 1 aliphatic rings. The van der Waals surface area contributed by atoms with Crippen molar-refractivity contribution in [3.63, 3.8) is 0 Å². The first-order valence-corrected chi connectivity index (χ1v) is 6.10. The summed E-state index contributed by atoms with van der Waals surface area (Å²) in [6.07, 6.45) is -2.52. The topological polar surface area (TPSA) is 32.7 Å². The van der Waals surface area contributed by atoms with Crippen molar-refractivity contribution in [2.45, 2.75) is 6.18 Å². The Labute approximate surface area is 118 Å². The van der Waals surface area contributed by atoms with Crippen molar-refractivity contribution in [2.75, 3.05) is 13.1 Å². The van der Waals surface area contributed by atoms with Crippen LogP contribution in [0.2, 0.25) is 5.02 Å². The first kappa shape index (κ1) is 14.6. The molecule has 0 saturated heterocycles. The zero-order valence-electron chi connectivity index (χ0n) is 10.2. The van der Waals surface area contributed by atoms with Gasteiger partial charge in [0.05, 0.1) is 6.54 Å². The van der Waals surface area contributed by atoms with Gasteiger partial charge in [0.25, 0.3) is 5.91 Å². The van der Waals surface area contributed by atoms with E-state index in [0.717, 1.165) is 12.3 Å². The molecular weight excluding hydrogens is 293 g/mol. The van der Waals surface area contributed by atoms with E-state index in [1.54, 1.807) is 12.1 Å². The lowest BCUT2D eigenvalue weighted by atomic mass is 10.2. The Kier molecular flexibility index (Phi) is 4.13. The Morgan fingerprint density at radius 3 is 2.45 bits per heavy atom. The molecule has 0 N–H and O–H groups in total. The van der Waals surface area contributed by atoms with Crippen molar-refractivity contribution in [3.8, 4) is 0 Å². The van der Waals surface area contributed by atoms with Gasteiger partial charge in [-0.15, -0.1) is 0 Å². The summed E-state index contributed by atoms with van der Waals surface area (Å²) in [4.78, 5) is 16.7. The van der Waals surface area contributed by atoms with Crippen LogP contribution in [0, 0.1) is 0 Å². The van der Waals surface area contributed by atoms with Crippen molar-refractivity contribution < 1.29 is 18.0 Å². The number of aliphatic imine (C=N–C) groups is 1. The van der Waals surface area contributed by atoms with Gasteiger partial charge in [0, 0.05) is 23.3 Å². The monoisotopic (exact) mass is 302 g/mol. The third-order valence-electron chi connectivity index (χ3n) is 2.71. The minimum atomic E-state index is -4.50. The maximum absolute atomic E-state index is 12.5. The smallest absolute Gasteiger partial charge is 0.330 e. The van der Waals surface area contributed by atoms with Crippen LogP contribution >= 0.6 is 11.6 Å². The molecule has 3 nitrogen and oxygen atoms in total. The number of alkyl halides is 3. The van der Waals surface area contributed by atoms with Gasteiger partial charge in [-0.2, -0.15) is 13.2 Å². The highest BCUT2D eigenvalue weighted by atomic mass is 35.5. The maximum Gasteiger partial charge on any atom is 0.433 e. The fourth-order valence-electron chi connectivity index (χ4n) is 1.69. The van der Waals surface area contributed by atoms with Crippen molar-refractivity contribution in [2.24, 2.45) is 4.99 Å². The number of rotatable bonds is 1. The molecule has 0 bridgehead atoms. The van der Waals surface area contributed by atoms with Gasteiger partial charge >= 0.3 is 6.18 Å². The highest BCUT2D eigenvalue weighted by molar-refractivity contribution is 6.30. The van der Waals surface area contributed by atoms with E-state index in [9.17, 15) is 18.0 Å². The van der Waals surface area contributed by atoms with Crippen LogP contribution in [0.5, 0.6) is 0 Å². The standard InChI is InChI=1S/C13H10ClF3N2O/c14-10-3-1-9(2-4-10)12(20)19-7-5-11(13(15,16)17)18-6-8-19/h1-6H,7-8H2. The molecule has 1 aliphatic heterocycles. The summed E-state index contributed by atoms with van der Waals surface area (Å²) < 4.78 is 37.6. The number of halogens is 4. The zero-order chi connectivity index (χ0) is 14.8. The molecule has 1 amide bonds. The quantitative estimate of drug-likeness (QED) is 0.783. The van der Waals surface area contributed by atoms with E-state index >= 15 is 0 Å². The van der Waals surface area contributed by atoms with Crippen molar-refractivity contribution >= 4 is 23.7 Å². The summed E-state index contributed by atoms with van der Waals surface area (Å²) in [5.41, 5.74) is -0.615. The number of benzene rings is 1. The van der Waals surface area contributed by atoms with Crippen molar-refractivity contribution in [1.29, 1.82) is 0 Å². The first-order valence-electron chi connectivity index (χ1n) is 5.72. The highest BCUT2D eigenvalue weighted by Gasteiger charge is 2.34. The molecule has 1 aromatic rings. The average molecular weight is 303 g/mol. The van der Waals surface area contributed by atoms with Gasteiger partial charge in [-0.25, -0.2) is 0 Å². The summed E-state index contributed by atoms with van der Waals surface area (Å²) in [5, 5.41) is 0.484. The largest absolute Gasteiger partial charge is 0.433 e. The minimum Gasteiger partial charge on any atom is -0.330 e. The number of nitrogens with zero attached hydrogens (tertiary/aromatic N) is 2. The molecule has 0 radical (unpaired) electrons. The molecule has 0 aliphatic carbocycles. The average Bonchev–Trinajstić information content (AvgIpc) is 2.64. The SMILES string of the molecule is O=C(c1ccc(Cl)cc1)N1CC=NC(C(F)(F)F)=CC1. The van der Waals surface area contributed by atoms with Gasteiger partial charge in [0.1, 0.15) is 5.70 Å². The Morgan fingerprint density at radius 2 is 1.85 bits per heavy atom. The van der Waals surface area contributed by atoms with E-state index in [0.29, 0.717) is 10.6 Å². The molecule has 0 spiro atoms. The molecule has 106 valence electrons. The Morgan fingerprint density at radius 1 is 1.20 bits per heavy atom. The summed E-state index contributed by atoms with van der Waals surface area (Å²) in [6, 6.07) is 6.16. The van der Waals surface area contributed by atoms with Crippen LogP contribution in [-0.2, 0) is 0 Å². The third-order valence-corrected chi connectivity index (χ3v) is 2.96. The summed E-state index contributed by atoms with van der Waals surface area (Å²) in [5.74, 6) is -0.368. The van der Waals surface area contributed by atoms with Crippen LogP contribution in [0.3, 0.4) is 0 Å². The normalized spacial score (nSPS) is 15.8. The Balaban J connectivity index is 2.15.